The molecule has 0 aromatic heterocycles. The van der Waals surface area contributed by atoms with Crippen LogP contribution in [0.3, 0.4) is 0 Å². The van der Waals surface area contributed by atoms with Crippen LogP contribution in [0.25, 0.3) is 0 Å². The van der Waals surface area contributed by atoms with E-state index in [-0.39, 0.29) is 0 Å². The van der Waals surface area contributed by atoms with Crippen LogP contribution in [0.4, 0.5) is 13.2 Å². The van der Waals surface area contributed by atoms with Gasteiger partial charge in [0.2, 0.25) is 0 Å². The maximum Gasteiger partial charge on any atom is 0.416 e. The molecule has 20 heavy (non-hydrogen) atoms. The Morgan fingerprint density at radius 3 is 2.30 bits per heavy atom. The summed E-state index contributed by atoms with van der Waals surface area (Å²) in [5.41, 5.74) is 1.80. The lowest BCUT2D eigenvalue weighted by Crippen LogP contribution is -2.32. The van der Waals surface area contributed by atoms with Crippen molar-refractivity contribution in [3.05, 3.63) is 70.8 Å². The zero-order valence-corrected chi connectivity index (χ0v) is 10.7. The quantitative estimate of drug-likeness (QED) is 0.832. The molecule has 1 N–H and O–H groups in total. The average molecular weight is 277 g/mol. The van der Waals surface area contributed by atoms with E-state index in [9.17, 15) is 13.2 Å². The molecule has 4 heteroatoms. The van der Waals surface area contributed by atoms with Crippen LogP contribution >= 0.6 is 0 Å². The summed E-state index contributed by atoms with van der Waals surface area (Å²) in [6.07, 6.45) is -3.48. The molecule has 0 saturated heterocycles. The number of benzene rings is 2. The van der Waals surface area contributed by atoms with E-state index in [1.807, 2.05) is 24.3 Å². The largest absolute Gasteiger partial charge is 0.416 e. The fourth-order valence-corrected chi connectivity index (χ4v) is 2.79. The maximum atomic E-state index is 13.2. The van der Waals surface area contributed by atoms with Gasteiger partial charge >= 0.3 is 6.18 Å². The summed E-state index contributed by atoms with van der Waals surface area (Å²) in [5, 5.41) is 3.20. The highest BCUT2D eigenvalue weighted by Gasteiger charge is 2.36. The SMILES string of the molecule is FC(F)(F)c1ccccc1C1NCCc2ccccc21. The van der Waals surface area contributed by atoms with E-state index in [0.29, 0.717) is 12.1 Å². The van der Waals surface area contributed by atoms with E-state index in [0.717, 1.165) is 23.6 Å². The van der Waals surface area contributed by atoms with Gasteiger partial charge in [-0.05, 0) is 29.2 Å². The van der Waals surface area contributed by atoms with Gasteiger partial charge in [-0.25, -0.2) is 0 Å². The third-order valence-electron chi connectivity index (χ3n) is 3.69. The Labute approximate surface area is 115 Å². The number of hydrogen-bond acceptors (Lipinski definition) is 1. The van der Waals surface area contributed by atoms with Gasteiger partial charge < -0.3 is 5.32 Å². The van der Waals surface area contributed by atoms with Gasteiger partial charge in [0.25, 0.3) is 0 Å². The van der Waals surface area contributed by atoms with Crippen LogP contribution in [0.5, 0.6) is 0 Å². The average Bonchev–Trinajstić information content (AvgIpc) is 2.46. The Morgan fingerprint density at radius 2 is 1.55 bits per heavy atom. The van der Waals surface area contributed by atoms with Crippen molar-refractivity contribution in [2.45, 2.75) is 18.6 Å². The fourth-order valence-electron chi connectivity index (χ4n) is 2.79. The first-order chi connectivity index (χ1) is 9.57. The molecule has 1 atom stereocenters. The fraction of sp³-hybridized carbons (Fsp3) is 0.250. The molecule has 1 nitrogen and oxygen atoms in total. The first-order valence-electron chi connectivity index (χ1n) is 6.54. The number of hydrogen-bond donors (Lipinski definition) is 1. The molecule has 0 spiro atoms. The molecule has 0 bridgehead atoms. The molecular weight excluding hydrogens is 263 g/mol. The van der Waals surface area contributed by atoms with E-state index in [1.54, 1.807) is 12.1 Å². The number of rotatable bonds is 1. The second-order valence-electron chi connectivity index (χ2n) is 4.92. The number of nitrogens with one attached hydrogen (secondary N) is 1. The zero-order chi connectivity index (χ0) is 14.2. The lowest BCUT2D eigenvalue weighted by Gasteiger charge is -2.29. The highest BCUT2D eigenvalue weighted by Crippen LogP contribution is 2.38. The first kappa shape index (κ1) is 13.2. The van der Waals surface area contributed by atoms with E-state index in [2.05, 4.69) is 5.32 Å². The molecule has 104 valence electrons. The van der Waals surface area contributed by atoms with Gasteiger partial charge in [0, 0.05) is 6.54 Å². The molecule has 1 aliphatic heterocycles. The predicted molar refractivity (Wildman–Crippen MR) is 71.4 cm³/mol. The number of fused-ring (bicyclic) bond motifs is 1. The normalized spacial score (nSPS) is 18.6. The minimum absolute atomic E-state index is 0.298. The van der Waals surface area contributed by atoms with E-state index in [4.69, 9.17) is 0 Å². The zero-order valence-electron chi connectivity index (χ0n) is 10.7. The van der Waals surface area contributed by atoms with Crippen LogP contribution in [-0.4, -0.2) is 6.54 Å². The van der Waals surface area contributed by atoms with Crippen molar-refractivity contribution in [3.8, 4) is 0 Å². The number of halogens is 3. The third kappa shape index (κ3) is 2.31. The van der Waals surface area contributed by atoms with Gasteiger partial charge in [-0.15, -0.1) is 0 Å². The Hall–Kier alpha value is -1.81. The van der Waals surface area contributed by atoms with Crippen LogP contribution in [-0.2, 0) is 12.6 Å². The Morgan fingerprint density at radius 1 is 0.900 bits per heavy atom. The molecule has 0 amide bonds. The van der Waals surface area contributed by atoms with Gasteiger partial charge in [0.05, 0.1) is 11.6 Å². The minimum atomic E-state index is -4.33. The Kier molecular flexibility index (Phi) is 3.26. The molecule has 1 unspecified atom stereocenters. The second kappa shape index (κ2) is 4.94. The van der Waals surface area contributed by atoms with Gasteiger partial charge in [-0.2, -0.15) is 13.2 Å². The summed E-state index contributed by atoms with van der Waals surface area (Å²) in [4.78, 5) is 0. The van der Waals surface area contributed by atoms with Crippen LogP contribution in [0.1, 0.15) is 28.3 Å². The predicted octanol–water partition coefficient (Wildman–Crippen LogP) is 3.94. The highest BCUT2D eigenvalue weighted by atomic mass is 19.4. The summed E-state index contributed by atoms with van der Waals surface area (Å²) in [6.45, 7) is 0.688. The van der Waals surface area contributed by atoms with Crippen LogP contribution in [0.15, 0.2) is 48.5 Å². The Balaban J connectivity index is 2.12. The smallest absolute Gasteiger partial charge is 0.306 e. The molecule has 1 aliphatic rings. The van der Waals surface area contributed by atoms with Crippen molar-refractivity contribution < 1.29 is 13.2 Å². The van der Waals surface area contributed by atoms with Crippen molar-refractivity contribution in [2.24, 2.45) is 0 Å². The summed E-state index contributed by atoms with van der Waals surface area (Å²) in [6, 6.07) is 13.1. The van der Waals surface area contributed by atoms with Gasteiger partial charge in [-0.3, -0.25) is 0 Å². The van der Waals surface area contributed by atoms with Crippen molar-refractivity contribution >= 4 is 0 Å². The van der Waals surface area contributed by atoms with Gasteiger partial charge in [0.15, 0.2) is 0 Å². The van der Waals surface area contributed by atoms with Crippen molar-refractivity contribution in [3.63, 3.8) is 0 Å². The first-order valence-corrected chi connectivity index (χ1v) is 6.54. The Bertz CT molecular complexity index is 619. The summed E-state index contributed by atoms with van der Waals surface area (Å²) >= 11 is 0. The standard InChI is InChI=1S/C16H14F3N/c17-16(18,19)14-8-4-3-7-13(14)15-12-6-2-1-5-11(12)9-10-20-15/h1-8,15,20H,9-10H2. The summed E-state index contributed by atoms with van der Waals surface area (Å²) in [5.74, 6) is 0. The van der Waals surface area contributed by atoms with Gasteiger partial charge in [-0.1, -0.05) is 42.5 Å². The van der Waals surface area contributed by atoms with Crippen LogP contribution in [0.2, 0.25) is 0 Å². The van der Waals surface area contributed by atoms with Crippen molar-refractivity contribution in [1.82, 2.24) is 5.32 Å². The lowest BCUT2D eigenvalue weighted by molar-refractivity contribution is -0.138. The number of alkyl halides is 3. The lowest BCUT2D eigenvalue weighted by atomic mass is 9.87. The second-order valence-corrected chi connectivity index (χ2v) is 4.92. The summed E-state index contributed by atoms with van der Waals surface area (Å²) < 4.78 is 39.5. The van der Waals surface area contributed by atoms with Crippen LogP contribution < -0.4 is 5.32 Å². The van der Waals surface area contributed by atoms with E-state index < -0.39 is 17.8 Å². The maximum absolute atomic E-state index is 13.2. The minimum Gasteiger partial charge on any atom is -0.306 e. The molecule has 0 saturated carbocycles. The monoisotopic (exact) mass is 277 g/mol. The molecule has 2 aromatic carbocycles. The molecular formula is C16H14F3N. The van der Waals surface area contributed by atoms with Crippen LogP contribution in [0, 0.1) is 0 Å². The highest BCUT2D eigenvalue weighted by molar-refractivity contribution is 5.43. The molecule has 0 aliphatic carbocycles. The van der Waals surface area contributed by atoms with E-state index in [1.165, 1.54) is 6.07 Å². The summed E-state index contributed by atoms with van der Waals surface area (Å²) in [7, 11) is 0. The van der Waals surface area contributed by atoms with E-state index >= 15 is 0 Å². The van der Waals surface area contributed by atoms with Gasteiger partial charge in [0.1, 0.15) is 0 Å². The van der Waals surface area contributed by atoms with Crippen molar-refractivity contribution in [1.29, 1.82) is 0 Å². The molecule has 0 fully saturated rings. The topological polar surface area (TPSA) is 12.0 Å². The molecule has 0 radical (unpaired) electrons. The third-order valence-corrected chi connectivity index (χ3v) is 3.69. The molecule has 1 heterocycles. The van der Waals surface area contributed by atoms with Crippen molar-refractivity contribution in [2.75, 3.05) is 6.54 Å². The molecule has 3 rings (SSSR count). The molecule has 2 aromatic rings.